The molecule has 0 aliphatic rings. The van der Waals surface area contributed by atoms with E-state index >= 15 is 0 Å². The van der Waals surface area contributed by atoms with Gasteiger partial charge in [0.1, 0.15) is 0 Å². The van der Waals surface area contributed by atoms with Gasteiger partial charge in [-0.25, -0.2) is 0 Å². The molecule has 2 atom stereocenters. The molecular weight excluding hydrogens is 295 g/mol. The maximum atomic E-state index is 12.6. The lowest BCUT2D eigenvalue weighted by molar-refractivity contribution is -0.138. The third kappa shape index (κ3) is 3.18. The molecule has 106 valence electrons. The lowest BCUT2D eigenvalue weighted by Crippen LogP contribution is -2.16. The van der Waals surface area contributed by atoms with E-state index in [1.807, 2.05) is 18.2 Å². The van der Waals surface area contributed by atoms with E-state index < -0.39 is 19.3 Å². The van der Waals surface area contributed by atoms with Crippen molar-refractivity contribution in [1.29, 1.82) is 0 Å². The van der Waals surface area contributed by atoms with Crippen LogP contribution >= 0.6 is 18.7 Å². The molecule has 2 aromatic rings. The van der Waals surface area contributed by atoms with Gasteiger partial charge in [0.25, 0.3) is 0 Å². The van der Waals surface area contributed by atoms with Crippen LogP contribution in [0.1, 0.15) is 23.3 Å². The summed E-state index contributed by atoms with van der Waals surface area (Å²) < 4.78 is 12.6. The second-order valence-corrected chi connectivity index (χ2v) is 7.72. The highest BCUT2D eigenvalue weighted by Gasteiger charge is 2.30. The Morgan fingerprint density at radius 3 is 2.55 bits per heavy atom. The van der Waals surface area contributed by atoms with Crippen LogP contribution in [0.25, 0.3) is 0 Å². The van der Waals surface area contributed by atoms with E-state index in [-0.39, 0.29) is 11.5 Å². The Kier molecular flexibility index (Phi) is 4.43. The SMILES string of the molecule is CC(C(=O)O)c1sccc1P(=O)(O)Cc1ccccc1. The predicted octanol–water partition coefficient (Wildman–Crippen LogP) is 3.03. The molecule has 6 heteroatoms. The zero-order chi connectivity index (χ0) is 14.8. The molecule has 2 unspecified atom stereocenters. The Balaban J connectivity index is 2.33. The summed E-state index contributed by atoms with van der Waals surface area (Å²) >= 11 is 1.21. The fourth-order valence-corrected chi connectivity index (χ4v) is 5.21. The van der Waals surface area contributed by atoms with Crippen molar-refractivity contribution in [2.45, 2.75) is 19.0 Å². The van der Waals surface area contributed by atoms with Crippen LogP contribution in [0.2, 0.25) is 0 Å². The summed E-state index contributed by atoms with van der Waals surface area (Å²) in [5, 5.41) is 11.0. The number of carbonyl (C=O) groups is 1. The number of carboxylic acid groups (broad SMARTS) is 1. The zero-order valence-electron chi connectivity index (χ0n) is 10.9. The highest BCUT2D eigenvalue weighted by molar-refractivity contribution is 7.65. The molecule has 0 radical (unpaired) electrons. The third-order valence-corrected chi connectivity index (χ3v) is 6.24. The van der Waals surface area contributed by atoms with Gasteiger partial charge in [-0.1, -0.05) is 30.3 Å². The van der Waals surface area contributed by atoms with E-state index in [4.69, 9.17) is 5.11 Å². The molecule has 0 saturated heterocycles. The molecule has 0 fully saturated rings. The molecule has 2 N–H and O–H groups in total. The van der Waals surface area contributed by atoms with Crippen molar-refractivity contribution in [2.24, 2.45) is 0 Å². The lowest BCUT2D eigenvalue weighted by atomic mass is 10.1. The maximum Gasteiger partial charge on any atom is 0.311 e. The molecule has 1 aromatic carbocycles. The van der Waals surface area contributed by atoms with Crippen molar-refractivity contribution in [2.75, 3.05) is 0 Å². The molecule has 2 rings (SSSR count). The Morgan fingerprint density at radius 2 is 1.95 bits per heavy atom. The van der Waals surface area contributed by atoms with Crippen molar-refractivity contribution in [1.82, 2.24) is 0 Å². The largest absolute Gasteiger partial charge is 0.481 e. The third-order valence-electron chi connectivity index (χ3n) is 3.05. The smallest absolute Gasteiger partial charge is 0.311 e. The molecule has 20 heavy (non-hydrogen) atoms. The molecule has 1 aromatic heterocycles. The summed E-state index contributed by atoms with van der Waals surface area (Å²) in [5.74, 6) is -1.77. The first-order chi connectivity index (χ1) is 9.42. The van der Waals surface area contributed by atoms with Crippen molar-refractivity contribution < 1.29 is 19.4 Å². The Labute approximate surface area is 121 Å². The number of hydrogen-bond acceptors (Lipinski definition) is 3. The van der Waals surface area contributed by atoms with Crippen LogP contribution < -0.4 is 5.30 Å². The van der Waals surface area contributed by atoms with Gasteiger partial charge in [0.2, 0.25) is 7.37 Å². The molecule has 4 nitrogen and oxygen atoms in total. The summed E-state index contributed by atoms with van der Waals surface area (Å²) in [5.41, 5.74) is 0.762. The molecule has 0 amide bonds. The van der Waals surface area contributed by atoms with E-state index in [1.165, 1.54) is 18.3 Å². The van der Waals surface area contributed by atoms with Gasteiger partial charge in [-0.15, -0.1) is 11.3 Å². The van der Waals surface area contributed by atoms with E-state index in [9.17, 15) is 14.3 Å². The average Bonchev–Trinajstić information content (AvgIpc) is 2.88. The quantitative estimate of drug-likeness (QED) is 0.832. The number of aliphatic carboxylic acids is 1. The van der Waals surface area contributed by atoms with Crippen LogP contribution in [-0.4, -0.2) is 16.0 Å². The summed E-state index contributed by atoms with van der Waals surface area (Å²) in [6, 6.07) is 10.6. The van der Waals surface area contributed by atoms with Crippen molar-refractivity contribution >= 4 is 30.0 Å². The molecule has 0 spiro atoms. The number of rotatable bonds is 5. The standard InChI is InChI=1S/C14H15O4PS/c1-10(14(15)16)13-12(7-8-20-13)19(17,18)9-11-5-3-2-4-6-11/h2-8,10H,9H2,1H3,(H,15,16)(H,17,18). The van der Waals surface area contributed by atoms with Gasteiger partial charge in [0, 0.05) is 4.88 Å². The lowest BCUT2D eigenvalue weighted by Gasteiger charge is -2.14. The van der Waals surface area contributed by atoms with Gasteiger partial charge in [-0.2, -0.15) is 0 Å². The average molecular weight is 310 g/mol. The summed E-state index contributed by atoms with van der Waals surface area (Å²) in [7, 11) is -3.60. The van der Waals surface area contributed by atoms with E-state index in [0.29, 0.717) is 4.88 Å². The first-order valence-electron chi connectivity index (χ1n) is 6.08. The summed E-state index contributed by atoms with van der Waals surface area (Å²) in [6.07, 6.45) is 0.0178. The van der Waals surface area contributed by atoms with Gasteiger partial charge in [0.15, 0.2) is 0 Å². The molecule has 0 aliphatic carbocycles. The first kappa shape index (κ1) is 15.0. The van der Waals surface area contributed by atoms with Gasteiger partial charge in [0.05, 0.1) is 17.4 Å². The fraction of sp³-hybridized carbons (Fsp3) is 0.214. The van der Waals surface area contributed by atoms with Gasteiger partial charge < -0.3 is 10.00 Å². The van der Waals surface area contributed by atoms with Crippen molar-refractivity contribution in [3.63, 3.8) is 0 Å². The summed E-state index contributed by atoms with van der Waals surface area (Å²) in [4.78, 5) is 21.8. The topological polar surface area (TPSA) is 74.6 Å². The van der Waals surface area contributed by atoms with Crippen LogP contribution in [0, 0.1) is 0 Å². The number of thiophene rings is 1. The fourth-order valence-electron chi connectivity index (χ4n) is 1.96. The molecule has 0 bridgehead atoms. The first-order valence-corrected chi connectivity index (χ1v) is 8.81. The van der Waals surface area contributed by atoms with Crippen LogP contribution in [-0.2, 0) is 15.5 Å². The van der Waals surface area contributed by atoms with E-state index in [1.54, 1.807) is 23.6 Å². The second kappa shape index (κ2) is 5.92. The van der Waals surface area contributed by atoms with Crippen LogP contribution in [0.5, 0.6) is 0 Å². The second-order valence-electron chi connectivity index (χ2n) is 4.58. The minimum atomic E-state index is -3.60. The minimum Gasteiger partial charge on any atom is -0.481 e. The van der Waals surface area contributed by atoms with Crippen LogP contribution in [0.4, 0.5) is 0 Å². The molecular formula is C14H15O4PS. The van der Waals surface area contributed by atoms with Gasteiger partial charge in [-0.05, 0) is 23.9 Å². The van der Waals surface area contributed by atoms with Gasteiger partial charge in [-0.3, -0.25) is 9.36 Å². The summed E-state index contributed by atoms with van der Waals surface area (Å²) in [6.45, 7) is 1.53. The Hall–Kier alpha value is -1.42. The van der Waals surface area contributed by atoms with Crippen molar-refractivity contribution in [3.05, 3.63) is 52.2 Å². The predicted molar refractivity (Wildman–Crippen MR) is 80.0 cm³/mol. The van der Waals surface area contributed by atoms with E-state index in [0.717, 1.165) is 5.56 Å². The number of benzene rings is 1. The highest BCUT2D eigenvalue weighted by atomic mass is 32.1. The zero-order valence-corrected chi connectivity index (χ0v) is 12.6. The van der Waals surface area contributed by atoms with Crippen molar-refractivity contribution in [3.8, 4) is 0 Å². The molecule has 1 heterocycles. The Morgan fingerprint density at radius 1 is 1.30 bits per heavy atom. The maximum absolute atomic E-state index is 12.6. The van der Waals surface area contributed by atoms with E-state index in [2.05, 4.69) is 0 Å². The molecule has 0 aliphatic heterocycles. The number of carboxylic acids is 1. The van der Waals surface area contributed by atoms with Crippen LogP contribution in [0.15, 0.2) is 41.8 Å². The monoisotopic (exact) mass is 310 g/mol. The normalized spacial score (nSPS) is 15.5. The highest BCUT2D eigenvalue weighted by Crippen LogP contribution is 2.46. The minimum absolute atomic E-state index is 0.0178. The Bertz CT molecular complexity index is 650. The van der Waals surface area contributed by atoms with Gasteiger partial charge >= 0.3 is 5.97 Å². The van der Waals surface area contributed by atoms with Crippen LogP contribution in [0.3, 0.4) is 0 Å². The number of hydrogen-bond donors (Lipinski definition) is 2. The molecule has 0 saturated carbocycles.